The van der Waals surface area contributed by atoms with Crippen LogP contribution in [0.3, 0.4) is 0 Å². The summed E-state index contributed by atoms with van der Waals surface area (Å²) < 4.78 is 27.2. The summed E-state index contributed by atoms with van der Waals surface area (Å²) in [4.78, 5) is 22.3. The van der Waals surface area contributed by atoms with Crippen molar-refractivity contribution in [3.05, 3.63) is 45.6 Å². The van der Waals surface area contributed by atoms with Crippen molar-refractivity contribution in [2.24, 2.45) is 0 Å². The fraction of sp³-hybridized carbons (Fsp3) is 0. The average molecular weight is 346 g/mol. The number of hydrogen-bond donors (Lipinski definition) is 3. The average Bonchev–Trinajstić information content (AvgIpc) is 2.75. The van der Waals surface area contributed by atoms with Crippen LogP contribution in [0.25, 0.3) is 0 Å². The van der Waals surface area contributed by atoms with E-state index in [1.807, 2.05) is 0 Å². The van der Waals surface area contributed by atoms with Gasteiger partial charge >= 0.3 is 5.97 Å². The quantitative estimate of drug-likeness (QED) is 0.795. The Bertz CT molecular complexity index is 679. The Morgan fingerprint density at radius 3 is 2.35 bits per heavy atom. The Balaban J connectivity index is 2.26. The van der Waals surface area contributed by atoms with E-state index >= 15 is 0 Å². The number of H-pyrrole nitrogens is 1. The van der Waals surface area contributed by atoms with E-state index in [4.69, 9.17) is 5.11 Å². The minimum atomic E-state index is -1.28. The lowest BCUT2D eigenvalue weighted by atomic mass is 10.2. The van der Waals surface area contributed by atoms with Crippen molar-refractivity contribution in [3.8, 4) is 0 Å². The second kappa shape index (κ2) is 5.37. The number of benzene rings is 1. The summed E-state index contributed by atoms with van der Waals surface area (Å²) in [6, 6.07) is 2.89. The zero-order valence-electron chi connectivity index (χ0n) is 9.58. The van der Waals surface area contributed by atoms with E-state index < -0.39 is 29.1 Å². The third-order valence-electron chi connectivity index (χ3n) is 2.28. The minimum absolute atomic E-state index is 0.150. The number of hydrogen-bond acceptors (Lipinski definition) is 3. The first-order chi connectivity index (χ1) is 9.38. The lowest BCUT2D eigenvalue weighted by molar-refractivity contribution is 0.0690. The maximum atomic E-state index is 13.5. The van der Waals surface area contributed by atoms with Gasteiger partial charge in [0.1, 0.15) is 22.9 Å². The molecule has 0 radical (unpaired) electrons. The molecule has 0 aliphatic rings. The predicted octanol–water partition coefficient (Wildman–Crippen LogP) is 2.40. The number of carbonyl (C=O) groups is 2. The van der Waals surface area contributed by atoms with Crippen LogP contribution in [0.5, 0.6) is 0 Å². The highest BCUT2D eigenvalue weighted by Gasteiger charge is 2.19. The summed E-state index contributed by atoms with van der Waals surface area (Å²) in [6.45, 7) is 0. The molecule has 0 aliphatic carbocycles. The number of aromatic nitrogens is 2. The van der Waals surface area contributed by atoms with Gasteiger partial charge in [0.2, 0.25) is 0 Å². The number of rotatable bonds is 3. The first-order valence-corrected chi connectivity index (χ1v) is 5.92. The van der Waals surface area contributed by atoms with Crippen molar-refractivity contribution >= 4 is 33.6 Å². The summed E-state index contributed by atoms with van der Waals surface area (Å²) in [5.41, 5.74) is -1.05. The Hall–Kier alpha value is -2.29. The highest BCUT2D eigenvalue weighted by atomic mass is 79.9. The third-order valence-corrected chi connectivity index (χ3v) is 2.74. The van der Waals surface area contributed by atoms with Crippen LogP contribution in [0.4, 0.5) is 14.6 Å². The second-order valence-corrected chi connectivity index (χ2v) is 4.59. The predicted molar refractivity (Wildman–Crippen MR) is 67.6 cm³/mol. The van der Waals surface area contributed by atoms with Crippen LogP contribution in [-0.2, 0) is 0 Å². The van der Waals surface area contributed by atoms with Crippen molar-refractivity contribution in [3.63, 3.8) is 0 Å². The van der Waals surface area contributed by atoms with E-state index in [1.165, 1.54) is 0 Å². The summed E-state index contributed by atoms with van der Waals surface area (Å²) in [5.74, 6) is -4.62. The van der Waals surface area contributed by atoms with E-state index in [0.29, 0.717) is 0 Å². The molecule has 1 aromatic heterocycles. The van der Waals surface area contributed by atoms with E-state index in [-0.39, 0.29) is 16.0 Å². The van der Waals surface area contributed by atoms with E-state index in [1.54, 1.807) is 0 Å². The molecule has 2 aromatic rings. The normalized spacial score (nSPS) is 10.3. The molecule has 0 spiro atoms. The zero-order valence-corrected chi connectivity index (χ0v) is 11.2. The largest absolute Gasteiger partial charge is 0.477 e. The molecule has 2 rings (SSSR count). The number of anilines is 1. The molecule has 9 heteroatoms. The third kappa shape index (κ3) is 2.82. The minimum Gasteiger partial charge on any atom is -0.477 e. The molecule has 0 aliphatic heterocycles. The SMILES string of the molecule is O=C(O)c1cc(NC(=O)c2c(F)cc(Br)cc2F)n[nH]1. The van der Waals surface area contributed by atoms with Gasteiger partial charge in [0.25, 0.3) is 5.91 Å². The van der Waals surface area contributed by atoms with Crippen LogP contribution in [0.15, 0.2) is 22.7 Å². The van der Waals surface area contributed by atoms with E-state index in [0.717, 1.165) is 18.2 Å². The van der Waals surface area contributed by atoms with Gasteiger partial charge in [-0.1, -0.05) is 15.9 Å². The number of halogens is 3. The molecule has 104 valence electrons. The Labute approximate surface area is 118 Å². The van der Waals surface area contributed by atoms with Gasteiger partial charge in [-0.25, -0.2) is 13.6 Å². The van der Waals surface area contributed by atoms with Crippen LogP contribution in [0.2, 0.25) is 0 Å². The van der Waals surface area contributed by atoms with Crippen molar-refractivity contribution < 1.29 is 23.5 Å². The fourth-order valence-electron chi connectivity index (χ4n) is 1.43. The van der Waals surface area contributed by atoms with Crippen molar-refractivity contribution in [1.29, 1.82) is 0 Å². The van der Waals surface area contributed by atoms with Gasteiger partial charge in [-0.05, 0) is 12.1 Å². The van der Waals surface area contributed by atoms with Gasteiger partial charge in [0.15, 0.2) is 5.82 Å². The Morgan fingerprint density at radius 2 is 1.85 bits per heavy atom. The fourth-order valence-corrected chi connectivity index (χ4v) is 1.84. The van der Waals surface area contributed by atoms with Crippen molar-refractivity contribution in [1.82, 2.24) is 10.2 Å². The van der Waals surface area contributed by atoms with Crippen LogP contribution in [0.1, 0.15) is 20.8 Å². The van der Waals surface area contributed by atoms with Gasteiger partial charge in [-0.3, -0.25) is 9.89 Å². The Kier molecular flexibility index (Phi) is 3.79. The van der Waals surface area contributed by atoms with Crippen LogP contribution < -0.4 is 5.32 Å². The second-order valence-electron chi connectivity index (χ2n) is 3.67. The highest BCUT2D eigenvalue weighted by Crippen LogP contribution is 2.20. The summed E-state index contributed by atoms with van der Waals surface area (Å²) in [5, 5.41) is 16.4. The number of aromatic amines is 1. The molecular weight excluding hydrogens is 340 g/mol. The van der Waals surface area contributed by atoms with E-state index in [9.17, 15) is 18.4 Å². The molecular formula is C11H6BrF2N3O3. The molecule has 0 atom stereocenters. The number of carboxylic acids is 1. The molecule has 0 unspecified atom stereocenters. The molecule has 0 fully saturated rings. The van der Waals surface area contributed by atoms with Gasteiger partial charge in [0, 0.05) is 10.5 Å². The molecule has 0 saturated carbocycles. The lowest BCUT2D eigenvalue weighted by Crippen LogP contribution is -2.16. The van der Waals surface area contributed by atoms with Crippen LogP contribution in [-0.4, -0.2) is 27.2 Å². The van der Waals surface area contributed by atoms with Crippen molar-refractivity contribution in [2.75, 3.05) is 5.32 Å². The molecule has 1 amide bonds. The van der Waals surface area contributed by atoms with E-state index in [2.05, 4.69) is 31.4 Å². The molecule has 20 heavy (non-hydrogen) atoms. The molecule has 1 aromatic carbocycles. The smallest absolute Gasteiger partial charge is 0.353 e. The van der Waals surface area contributed by atoms with Gasteiger partial charge in [0.05, 0.1) is 0 Å². The standard InChI is InChI=1S/C11H6BrF2N3O3/c12-4-1-5(13)9(6(14)2-4)10(18)15-8-3-7(11(19)20)16-17-8/h1-3H,(H,19,20)(H2,15,16,17,18). The van der Waals surface area contributed by atoms with Gasteiger partial charge in [-0.15, -0.1) is 0 Å². The number of nitrogens with one attached hydrogen (secondary N) is 2. The molecule has 0 saturated heterocycles. The maximum Gasteiger partial charge on any atom is 0.353 e. The number of amides is 1. The van der Waals surface area contributed by atoms with Crippen LogP contribution >= 0.6 is 15.9 Å². The highest BCUT2D eigenvalue weighted by molar-refractivity contribution is 9.10. The number of carboxylic acid groups (broad SMARTS) is 1. The first-order valence-electron chi connectivity index (χ1n) is 5.13. The monoisotopic (exact) mass is 345 g/mol. The summed E-state index contributed by atoms with van der Waals surface area (Å²) in [6.07, 6.45) is 0. The number of aromatic carboxylic acids is 1. The summed E-state index contributed by atoms with van der Waals surface area (Å²) >= 11 is 2.89. The number of carbonyl (C=O) groups excluding carboxylic acids is 1. The van der Waals surface area contributed by atoms with Crippen molar-refractivity contribution in [2.45, 2.75) is 0 Å². The van der Waals surface area contributed by atoms with Gasteiger partial charge in [-0.2, -0.15) is 5.10 Å². The Morgan fingerprint density at radius 1 is 1.25 bits per heavy atom. The topological polar surface area (TPSA) is 95.1 Å². The maximum absolute atomic E-state index is 13.5. The van der Waals surface area contributed by atoms with Crippen LogP contribution in [0, 0.1) is 11.6 Å². The van der Waals surface area contributed by atoms with Gasteiger partial charge < -0.3 is 10.4 Å². The molecule has 6 nitrogen and oxygen atoms in total. The zero-order chi connectivity index (χ0) is 14.9. The molecule has 0 bridgehead atoms. The molecule has 1 heterocycles. The first kappa shape index (κ1) is 14.1. The molecule has 3 N–H and O–H groups in total. The number of nitrogens with zero attached hydrogens (tertiary/aromatic N) is 1. The summed E-state index contributed by atoms with van der Waals surface area (Å²) in [7, 11) is 0. The lowest BCUT2D eigenvalue weighted by Gasteiger charge is -2.05.